The van der Waals surface area contributed by atoms with Crippen LogP contribution in [0.25, 0.3) is 0 Å². The van der Waals surface area contributed by atoms with E-state index in [2.05, 4.69) is 10.6 Å². The second kappa shape index (κ2) is 8.91. The number of hydrogen-bond acceptors (Lipinski definition) is 2. The Morgan fingerprint density at radius 3 is 2.58 bits per heavy atom. The van der Waals surface area contributed by atoms with Crippen molar-refractivity contribution in [2.75, 3.05) is 19.7 Å². The topological polar surface area (TPSA) is 50.4 Å². The van der Waals surface area contributed by atoms with E-state index in [9.17, 15) is 9.18 Å². The summed E-state index contributed by atoms with van der Waals surface area (Å²) in [5.74, 6) is 0.582. The van der Waals surface area contributed by atoms with Crippen LogP contribution >= 0.6 is 0 Å². The van der Waals surface area contributed by atoms with Gasteiger partial charge in [0.2, 0.25) is 0 Å². The highest BCUT2D eigenvalue weighted by molar-refractivity contribution is 5.73. The number of aryl methyl sites for hydroxylation is 1. The normalized spacial score (nSPS) is 10.3. The summed E-state index contributed by atoms with van der Waals surface area (Å²) in [4.78, 5) is 11.7. The summed E-state index contributed by atoms with van der Waals surface area (Å²) in [6.45, 7) is 5.21. The maximum absolute atomic E-state index is 13.4. The van der Waals surface area contributed by atoms with Crippen molar-refractivity contribution in [3.8, 4) is 5.75 Å². The molecule has 0 bridgehead atoms. The number of benzene rings is 2. The van der Waals surface area contributed by atoms with Gasteiger partial charge in [-0.25, -0.2) is 9.18 Å². The van der Waals surface area contributed by atoms with E-state index in [1.807, 2.05) is 32.0 Å². The molecule has 0 saturated heterocycles. The first-order valence-electron chi connectivity index (χ1n) is 8.02. The Morgan fingerprint density at radius 1 is 1.04 bits per heavy atom. The van der Waals surface area contributed by atoms with E-state index in [0.29, 0.717) is 31.7 Å². The number of nitrogens with one attached hydrogen (secondary N) is 2. The molecular formula is C19H23FN2O2. The lowest BCUT2D eigenvalue weighted by Gasteiger charge is -2.12. The quantitative estimate of drug-likeness (QED) is 0.765. The van der Waals surface area contributed by atoms with Crippen molar-refractivity contribution in [2.24, 2.45) is 0 Å². The third-order valence-corrected chi connectivity index (χ3v) is 3.84. The Morgan fingerprint density at radius 2 is 1.79 bits per heavy atom. The summed E-state index contributed by atoms with van der Waals surface area (Å²) in [7, 11) is 0. The van der Waals surface area contributed by atoms with Crippen molar-refractivity contribution >= 4 is 6.03 Å². The molecule has 0 atom stereocenters. The Kier molecular flexibility index (Phi) is 6.61. The third-order valence-electron chi connectivity index (χ3n) is 3.84. The summed E-state index contributed by atoms with van der Waals surface area (Å²) in [6, 6.07) is 12.2. The molecule has 0 spiro atoms. The molecule has 2 N–H and O–H groups in total. The molecule has 24 heavy (non-hydrogen) atoms. The average molecular weight is 330 g/mol. The van der Waals surface area contributed by atoms with Gasteiger partial charge in [0.25, 0.3) is 0 Å². The van der Waals surface area contributed by atoms with Crippen molar-refractivity contribution in [1.29, 1.82) is 0 Å². The highest BCUT2D eigenvalue weighted by Gasteiger charge is 2.04. The highest BCUT2D eigenvalue weighted by Crippen LogP contribution is 2.20. The standard InChI is InChI=1S/C19H23FN2O2/c1-14-6-5-9-18(15(14)2)24-13-12-22-19(23)21-11-10-16-7-3-4-8-17(16)20/h3-9H,10-13H2,1-2H3,(H2,21,22,23). The molecule has 2 aromatic rings. The van der Waals surface area contributed by atoms with Crippen LogP contribution in [0.2, 0.25) is 0 Å². The largest absolute Gasteiger partial charge is 0.491 e. The summed E-state index contributed by atoms with van der Waals surface area (Å²) in [5.41, 5.74) is 2.87. The molecule has 0 unspecified atom stereocenters. The molecule has 0 heterocycles. The van der Waals surface area contributed by atoms with Gasteiger partial charge >= 0.3 is 6.03 Å². The summed E-state index contributed by atoms with van der Waals surface area (Å²) >= 11 is 0. The molecule has 0 radical (unpaired) electrons. The lowest BCUT2D eigenvalue weighted by molar-refractivity contribution is 0.236. The van der Waals surface area contributed by atoms with Crippen LogP contribution in [0.1, 0.15) is 16.7 Å². The highest BCUT2D eigenvalue weighted by atomic mass is 19.1. The van der Waals surface area contributed by atoms with Crippen LogP contribution < -0.4 is 15.4 Å². The first-order valence-corrected chi connectivity index (χ1v) is 8.02. The van der Waals surface area contributed by atoms with E-state index in [1.165, 1.54) is 11.6 Å². The van der Waals surface area contributed by atoms with Gasteiger partial charge in [-0.15, -0.1) is 0 Å². The minimum Gasteiger partial charge on any atom is -0.491 e. The van der Waals surface area contributed by atoms with Gasteiger partial charge in [0.05, 0.1) is 6.54 Å². The van der Waals surface area contributed by atoms with Crippen molar-refractivity contribution in [3.63, 3.8) is 0 Å². The first-order chi connectivity index (χ1) is 11.6. The molecule has 4 nitrogen and oxygen atoms in total. The van der Waals surface area contributed by atoms with Crippen LogP contribution in [0.4, 0.5) is 9.18 Å². The SMILES string of the molecule is Cc1cccc(OCCNC(=O)NCCc2ccccc2F)c1C. The summed E-state index contributed by atoms with van der Waals surface area (Å²) in [5, 5.41) is 5.42. The maximum Gasteiger partial charge on any atom is 0.314 e. The van der Waals surface area contributed by atoms with Crippen molar-refractivity contribution in [3.05, 3.63) is 65.0 Å². The molecule has 0 aromatic heterocycles. The number of hydrogen-bond donors (Lipinski definition) is 2. The predicted octanol–water partition coefficient (Wildman–Crippen LogP) is 3.36. The van der Waals surface area contributed by atoms with Crippen LogP contribution in [-0.4, -0.2) is 25.7 Å². The van der Waals surface area contributed by atoms with Crippen LogP contribution in [0.5, 0.6) is 5.75 Å². The molecule has 0 fully saturated rings. The first kappa shape index (κ1) is 17.8. The van der Waals surface area contributed by atoms with Crippen molar-refractivity contribution in [1.82, 2.24) is 10.6 Å². The van der Waals surface area contributed by atoms with Gasteiger partial charge in [0, 0.05) is 6.54 Å². The minimum absolute atomic E-state index is 0.248. The maximum atomic E-state index is 13.4. The fourth-order valence-electron chi connectivity index (χ4n) is 2.28. The molecule has 128 valence electrons. The van der Waals surface area contributed by atoms with Gasteiger partial charge in [0.15, 0.2) is 0 Å². The lowest BCUT2D eigenvalue weighted by atomic mass is 10.1. The molecule has 5 heteroatoms. The zero-order valence-corrected chi connectivity index (χ0v) is 14.1. The van der Waals surface area contributed by atoms with Crippen LogP contribution in [-0.2, 0) is 6.42 Å². The van der Waals surface area contributed by atoms with Gasteiger partial charge in [-0.2, -0.15) is 0 Å². The van der Waals surface area contributed by atoms with Crippen molar-refractivity contribution in [2.45, 2.75) is 20.3 Å². The van der Waals surface area contributed by atoms with Crippen LogP contribution in [0.15, 0.2) is 42.5 Å². The number of carbonyl (C=O) groups excluding carboxylic acids is 1. The molecule has 0 aliphatic carbocycles. The number of rotatable bonds is 7. The second-order valence-electron chi connectivity index (χ2n) is 5.57. The lowest BCUT2D eigenvalue weighted by Crippen LogP contribution is -2.38. The minimum atomic E-state index is -0.282. The zero-order valence-electron chi connectivity index (χ0n) is 14.1. The second-order valence-corrected chi connectivity index (χ2v) is 5.57. The number of carbonyl (C=O) groups is 1. The van der Waals surface area contributed by atoms with Crippen LogP contribution in [0.3, 0.4) is 0 Å². The fraction of sp³-hybridized carbons (Fsp3) is 0.316. The summed E-state index contributed by atoms with van der Waals surface area (Å²) < 4.78 is 19.1. The van der Waals surface area contributed by atoms with Gasteiger partial charge in [-0.05, 0) is 49.1 Å². The number of ether oxygens (including phenoxy) is 1. The zero-order chi connectivity index (χ0) is 17.4. The van der Waals surface area contributed by atoms with Crippen molar-refractivity contribution < 1.29 is 13.9 Å². The van der Waals surface area contributed by atoms with E-state index in [1.54, 1.807) is 18.2 Å². The van der Waals surface area contributed by atoms with E-state index in [0.717, 1.165) is 11.3 Å². The Balaban J connectivity index is 1.63. The van der Waals surface area contributed by atoms with Crippen LogP contribution in [0, 0.1) is 19.7 Å². The molecule has 2 aromatic carbocycles. The molecule has 0 aliphatic heterocycles. The van der Waals surface area contributed by atoms with E-state index in [4.69, 9.17) is 4.74 Å². The van der Waals surface area contributed by atoms with E-state index < -0.39 is 0 Å². The molecule has 0 saturated carbocycles. The number of amides is 2. The third kappa shape index (κ3) is 5.26. The average Bonchev–Trinajstić information content (AvgIpc) is 2.57. The van der Waals surface area contributed by atoms with E-state index in [-0.39, 0.29) is 11.8 Å². The molecule has 0 aliphatic rings. The van der Waals surface area contributed by atoms with Gasteiger partial charge in [-0.3, -0.25) is 0 Å². The van der Waals surface area contributed by atoms with Gasteiger partial charge in [-0.1, -0.05) is 30.3 Å². The predicted molar refractivity (Wildman–Crippen MR) is 92.9 cm³/mol. The molecular weight excluding hydrogens is 307 g/mol. The number of halogens is 1. The Hall–Kier alpha value is -2.56. The molecule has 2 amide bonds. The smallest absolute Gasteiger partial charge is 0.314 e. The fourth-order valence-corrected chi connectivity index (χ4v) is 2.28. The Labute approximate surface area is 142 Å². The Bertz CT molecular complexity index is 689. The van der Waals surface area contributed by atoms with Gasteiger partial charge in [0.1, 0.15) is 18.2 Å². The number of urea groups is 1. The van der Waals surface area contributed by atoms with Gasteiger partial charge < -0.3 is 15.4 Å². The van der Waals surface area contributed by atoms with E-state index >= 15 is 0 Å². The summed E-state index contributed by atoms with van der Waals surface area (Å²) in [6.07, 6.45) is 0.457. The molecule has 2 rings (SSSR count). The monoisotopic (exact) mass is 330 g/mol.